The standard InChI is InChI=1S/C12H14ClN3S/c1-2-16-12(14-9-15-16)8-17-11-5-3-10(7-13)4-6-11/h3-6,9H,2,7-8H2,1H3. The highest BCUT2D eigenvalue weighted by Gasteiger charge is 2.03. The zero-order valence-corrected chi connectivity index (χ0v) is 11.2. The molecule has 0 aliphatic carbocycles. The highest BCUT2D eigenvalue weighted by Crippen LogP contribution is 2.22. The third kappa shape index (κ3) is 3.23. The van der Waals surface area contributed by atoms with E-state index in [1.54, 1.807) is 18.1 Å². The van der Waals surface area contributed by atoms with Gasteiger partial charge in [-0.1, -0.05) is 12.1 Å². The van der Waals surface area contributed by atoms with Crippen molar-refractivity contribution in [3.8, 4) is 0 Å². The maximum atomic E-state index is 5.75. The first-order valence-corrected chi connectivity index (χ1v) is 7.00. The Morgan fingerprint density at radius 3 is 2.71 bits per heavy atom. The summed E-state index contributed by atoms with van der Waals surface area (Å²) in [5.74, 6) is 2.42. The van der Waals surface area contributed by atoms with Gasteiger partial charge in [0.2, 0.25) is 0 Å². The Morgan fingerprint density at radius 2 is 2.06 bits per heavy atom. The second-order valence-electron chi connectivity index (χ2n) is 3.56. The van der Waals surface area contributed by atoms with Gasteiger partial charge in [0.05, 0.1) is 5.75 Å². The van der Waals surface area contributed by atoms with Crippen LogP contribution in [0.25, 0.3) is 0 Å². The minimum atomic E-state index is 0.565. The molecule has 5 heteroatoms. The molecule has 3 nitrogen and oxygen atoms in total. The molecule has 90 valence electrons. The third-order valence-electron chi connectivity index (χ3n) is 2.44. The Balaban J connectivity index is 1.97. The van der Waals surface area contributed by atoms with Gasteiger partial charge in [0.15, 0.2) is 0 Å². The van der Waals surface area contributed by atoms with Crippen molar-refractivity contribution in [1.82, 2.24) is 14.8 Å². The van der Waals surface area contributed by atoms with Crippen molar-refractivity contribution in [3.63, 3.8) is 0 Å². The molecular weight excluding hydrogens is 254 g/mol. The van der Waals surface area contributed by atoms with Crippen LogP contribution in [0, 0.1) is 0 Å². The topological polar surface area (TPSA) is 30.7 Å². The fourth-order valence-electron chi connectivity index (χ4n) is 1.49. The quantitative estimate of drug-likeness (QED) is 0.615. The first-order chi connectivity index (χ1) is 8.33. The van der Waals surface area contributed by atoms with Gasteiger partial charge in [-0.05, 0) is 24.6 Å². The van der Waals surface area contributed by atoms with Gasteiger partial charge in [-0.25, -0.2) is 9.67 Å². The Labute approximate surface area is 110 Å². The van der Waals surface area contributed by atoms with Gasteiger partial charge in [-0.2, -0.15) is 5.10 Å². The first kappa shape index (κ1) is 12.5. The molecular formula is C12H14ClN3S. The van der Waals surface area contributed by atoms with E-state index in [1.165, 1.54) is 4.90 Å². The van der Waals surface area contributed by atoms with Crippen LogP contribution in [0.5, 0.6) is 0 Å². The Morgan fingerprint density at radius 1 is 1.29 bits per heavy atom. The average molecular weight is 268 g/mol. The molecule has 0 saturated carbocycles. The van der Waals surface area contributed by atoms with Crippen molar-refractivity contribution in [3.05, 3.63) is 42.0 Å². The van der Waals surface area contributed by atoms with Crippen LogP contribution in [0.2, 0.25) is 0 Å². The zero-order chi connectivity index (χ0) is 12.1. The summed E-state index contributed by atoms with van der Waals surface area (Å²) in [4.78, 5) is 5.47. The molecule has 0 fully saturated rings. The number of aromatic nitrogens is 3. The molecule has 0 aliphatic rings. The average Bonchev–Trinajstić information content (AvgIpc) is 2.84. The lowest BCUT2D eigenvalue weighted by Gasteiger charge is -2.03. The molecule has 1 aromatic carbocycles. The van der Waals surface area contributed by atoms with Crippen LogP contribution in [-0.2, 0) is 18.2 Å². The van der Waals surface area contributed by atoms with E-state index in [1.807, 2.05) is 4.68 Å². The summed E-state index contributed by atoms with van der Waals surface area (Å²) < 4.78 is 1.92. The number of rotatable bonds is 5. The van der Waals surface area contributed by atoms with E-state index < -0.39 is 0 Å². The second kappa shape index (κ2) is 6.07. The summed E-state index contributed by atoms with van der Waals surface area (Å²) in [6, 6.07) is 8.30. The SMILES string of the molecule is CCn1ncnc1CSc1ccc(CCl)cc1. The van der Waals surface area contributed by atoms with Gasteiger partial charge in [0, 0.05) is 17.3 Å². The molecule has 2 rings (SSSR count). The molecule has 0 radical (unpaired) electrons. The molecule has 2 aromatic rings. The van der Waals surface area contributed by atoms with Gasteiger partial charge in [-0.3, -0.25) is 0 Å². The monoisotopic (exact) mass is 267 g/mol. The molecule has 1 heterocycles. The summed E-state index contributed by atoms with van der Waals surface area (Å²) in [5.41, 5.74) is 1.15. The van der Waals surface area contributed by atoms with Gasteiger partial charge in [0.25, 0.3) is 0 Å². The second-order valence-corrected chi connectivity index (χ2v) is 4.87. The van der Waals surface area contributed by atoms with Crippen LogP contribution < -0.4 is 0 Å². The van der Waals surface area contributed by atoms with E-state index in [2.05, 4.69) is 41.3 Å². The van der Waals surface area contributed by atoms with Crippen LogP contribution in [0.3, 0.4) is 0 Å². The Kier molecular flexibility index (Phi) is 4.45. The smallest absolute Gasteiger partial charge is 0.138 e. The number of nitrogens with zero attached hydrogens (tertiary/aromatic N) is 3. The highest BCUT2D eigenvalue weighted by molar-refractivity contribution is 7.98. The summed E-state index contributed by atoms with van der Waals surface area (Å²) in [6.07, 6.45) is 1.61. The number of benzene rings is 1. The van der Waals surface area contributed by atoms with Gasteiger partial charge < -0.3 is 0 Å². The number of hydrogen-bond donors (Lipinski definition) is 0. The summed E-state index contributed by atoms with van der Waals surface area (Å²) in [7, 11) is 0. The maximum Gasteiger partial charge on any atom is 0.138 e. The number of hydrogen-bond acceptors (Lipinski definition) is 3. The lowest BCUT2D eigenvalue weighted by atomic mass is 10.2. The normalized spacial score (nSPS) is 10.7. The number of alkyl halides is 1. The molecule has 17 heavy (non-hydrogen) atoms. The van der Waals surface area contributed by atoms with Crippen molar-refractivity contribution in [1.29, 1.82) is 0 Å². The zero-order valence-electron chi connectivity index (χ0n) is 9.64. The lowest BCUT2D eigenvalue weighted by molar-refractivity contribution is 0.632. The van der Waals surface area contributed by atoms with Crippen LogP contribution in [0.1, 0.15) is 18.3 Å². The summed E-state index contributed by atoms with van der Waals surface area (Å²) in [5, 5.41) is 4.15. The molecule has 0 aliphatic heterocycles. The van der Waals surface area contributed by atoms with Crippen LogP contribution in [0.15, 0.2) is 35.5 Å². The Bertz CT molecular complexity index is 467. The lowest BCUT2D eigenvalue weighted by Crippen LogP contribution is -2.01. The molecule has 0 spiro atoms. The molecule has 0 atom stereocenters. The third-order valence-corrected chi connectivity index (χ3v) is 3.76. The summed E-state index contributed by atoms with van der Waals surface area (Å²) >= 11 is 7.51. The van der Waals surface area contributed by atoms with Crippen LogP contribution in [-0.4, -0.2) is 14.8 Å². The van der Waals surface area contributed by atoms with E-state index in [-0.39, 0.29) is 0 Å². The van der Waals surface area contributed by atoms with E-state index in [0.29, 0.717) is 5.88 Å². The Hall–Kier alpha value is -1.00. The predicted molar refractivity (Wildman–Crippen MR) is 71.3 cm³/mol. The largest absolute Gasteiger partial charge is 0.250 e. The number of thioether (sulfide) groups is 1. The number of aryl methyl sites for hydroxylation is 1. The molecule has 0 amide bonds. The van der Waals surface area contributed by atoms with Crippen molar-refractivity contribution in [2.24, 2.45) is 0 Å². The van der Waals surface area contributed by atoms with Crippen LogP contribution >= 0.6 is 23.4 Å². The summed E-state index contributed by atoms with van der Waals surface area (Å²) in [6.45, 7) is 2.93. The molecule has 0 N–H and O–H groups in total. The molecule has 1 aromatic heterocycles. The molecule has 0 saturated heterocycles. The van der Waals surface area contributed by atoms with Crippen molar-refractivity contribution < 1.29 is 0 Å². The highest BCUT2D eigenvalue weighted by atomic mass is 35.5. The van der Waals surface area contributed by atoms with Crippen LogP contribution in [0.4, 0.5) is 0 Å². The van der Waals surface area contributed by atoms with Crippen molar-refractivity contribution >= 4 is 23.4 Å². The predicted octanol–water partition coefficient (Wildman–Crippen LogP) is 3.33. The van der Waals surface area contributed by atoms with Crippen molar-refractivity contribution in [2.75, 3.05) is 0 Å². The van der Waals surface area contributed by atoms with E-state index in [0.717, 1.165) is 23.7 Å². The fourth-order valence-corrected chi connectivity index (χ4v) is 2.51. The fraction of sp³-hybridized carbons (Fsp3) is 0.333. The molecule has 0 bridgehead atoms. The number of halogens is 1. The van der Waals surface area contributed by atoms with E-state index >= 15 is 0 Å². The van der Waals surface area contributed by atoms with E-state index in [9.17, 15) is 0 Å². The van der Waals surface area contributed by atoms with E-state index in [4.69, 9.17) is 11.6 Å². The minimum absolute atomic E-state index is 0.565. The van der Waals surface area contributed by atoms with Gasteiger partial charge in [-0.15, -0.1) is 23.4 Å². The first-order valence-electron chi connectivity index (χ1n) is 5.48. The van der Waals surface area contributed by atoms with Gasteiger partial charge >= 0.3 is 0 Å². The maximum absolute atomic E-state index is 5.75. The van der Waals surface area contributed by atoms with Crippen molar-refractivity contribution in [2.45, 2.75) is 30.0 Å². The molecule has 0 unspecified atom stereocenters. The minimum Gasteiger partial charge on any atom is -0.250 e. The van der Waals surface area contributed by atoms with Gasteiger partial charge in [0.1, 0.15) is 12.2 Å².